The van der Waals surface area contributed by atoms with Crippen molar-refractivity contribution in [3.05, 3.63) is 18.1 Å². The van der Waals surface area contributed by atoms with Gasteiger partial charge in [-0.15, -0.1) is 0 Å². The zero-order chi connectivity index (χ0) is 13.6. The van der Waals surface area contributed by atoms with Crippen LogP contribution in [0.1, 0.15) is 50.6 Å². The van der Waals surface area contributed by atoms with Crippen LogP contribution < -0.4 is 10.2 Å². The van der Waals surface area contributed by atoms with E-state index in [1.165, 1.54) is 57.2 Å². The smallest absolute Gasteiger partial charge is 0.132 e. The standard InChI is InChI=1S/C16H26N4/c1-2-4-11-20(10-3-1)16-12-15(18-13-19-16)8-7-14-6-5-9-17-14/h12-14,17H,1-11H2/t14-/m0/s1. The second kappa shape index (κ2) is 7.02. The van der Waals surface area contributed by atoms with E-state index in [4.69, 9.17) is 0 Å². The van der Waals surface area contributed by atoms with Crippen LogP contribution in [0.3, 0.4) is 0 Å². The van der Waals surface area contributed by atoms with Crippen molar-refractivity contribution in [2.24, 2.45) is 0 Å². The molecule has 2 aliphatic heterocycles. The van der Waals surface area contributed by atoms with Crippen LogP contribution in [-0.2, 0) is 6.42 Å². The molecular formula is C16H26N4. The number of aryl methyl sites for hydroxylation is 1. The Morgan fingerprint density at radius 1 is 1.10 bits per heavy atom. The number of hydrogen-bond donors (Lipinski definition) is 1. The van der Waals surface area contributed by atoms with Gasteiger partial charge in [0.25, 0.3) is 0 Å². The fourth-order valence-corrected chi connectivity index (χ4v) is 3.32. The highest BCUT2D eigenvalue weighted by Gasteiger charge is 2.15. The summed E-state index contributed by atoms with van der Waals surface area (Å²) < 4.78 is 0. The molecule has 1 aromatic heterocycles. The quantitative estimate of drug-likeness (QED) is 0.916. The zero-order valence-corrected chi connectivity index (χ0v) is 12.4. The van der Waals surface area contributed by atoms with Crippen LogP contribution >= 0.6 is 0 Å². The second-order valence-electron chi connectivity index (χ2n) is 6.10. The molecule has 0 aromatic carbocycles. The predicted molar refractivity (Wildman–Crippen MR) is 82.1 cm³/mol. The van der Waals surface area contributed by atoms with Crippen molar-refractivity contribution in [2.45, 2.75) is 57.4 Å². The molecule has 0 bridgehead atoms. The minimum atomic E-state index is 0.701. The number of nitrogens with zero attached hydrogens (tertiary/aromatic N) is 3. The molecule has 2 aliphatic rings. The molecule has 1 N–H and O–H groups in total. The summed E-state index contributed by atoms with van der Waals surface area (Å²) in [5.41, 5.74) is 1.20. The molecule has 2 saturated heterocycles. The predicted octanol–water partition coefficient (Wildman–Crippen LogP) is 2.54. The highest BCUT2D eigenvalue weighted by atomic mass is 15.2. The Morgan fingerprint density at radius 3 is 2.70 bits per heavy atom. The molecular weight excluding hydrogens is 248 g/mol. The van der Waals surface area contributed by atoms with E-state index in [0.29, 0.717) is 6.04 Å². The molecule has 0 radical (unpaired) electrons. The Kier molecular flexibility index (Phi) is 4.85. The van der Waals surface area contributed by atoms with E-state index in [2.05, 4.69) is 26.3 Å². The van der Waals surface area contributed by atoms with Gasteiger partial charge >= 0.3 is 0 Å². The molecule has 0 amide bonds. The van der Waals surface area contributed by atoms with Gasteiger partial charge in [-0.25, -0.2) is 9.97 Å². The van der Waals surface area contributed by atoms with Gasteiger partial charge in [0, 0.05) is 30.9 Å². The Hall–Kier alpha value is -1.16. The van der Waals surface area contributed by atoms with Crippen molar-refractivity contribution < 1.29 is 0 Å². The van der Waals surface area contributed by atoms with Crippen LogP contribution in [0.4, 0.5) is 5.82 Å². The minimum Gasteiger partial charge on any atom is -0.357 e. The summed E-state index contributed by atoms with van der Waals surface area (Å²) in [6, 6.07) is 2.91. The minimum absolute atomic E-state index is 0.701. The maximum absolute atomic E-state index is 4.48. The van der Waals surface area contributed by atoms with Gasteiger partial charge in [0.2, 0.25) is 0 Å². The lowest BCUT2D eigenvalue weighted by molar-refractivity contribution is 0.555. The van der Waals surface area contributed by atoms with Crippen molar-refractivity contribution >= 4 is 5.82 Å². The first kappa shape index (κ1) is 13.8. The first-order valence-electron chi connectivity index (χ1n) is 8.21. The van der Waals surface area contributed by atoms with Crippen molar-refractivity contribution in [3.63, 3.8) is 0 Å². The molecule has 0 aliphatic carbocycles. The number of aromatic nitrogens is 2. The molecule has 1 atom stereocenters. The monoisotopic (exact) mass is 274 g/mol. The van der Waals surface area contributed by atoms with Gasteiger partial charge in [-0.3, -0.25) is 0 Å². The highest BCUT2D eigenvalue weighted by Crippen LogP contribution is 2.18. The molecule has 3 rings (SSSR count). The van der Waals surface area contributed by atoms with Crippen molar-refractivity contribution in [2.75, 3.05) is 24.5 Å². The molecule has 4 nitrogen and oxygen atoms in total. The van der Waals surface area contributed by atoms with Crippen LogP contribution in [0, 0.1) is 0 Å². The van der Waals surface area contributed by atoms with Crippen molar-refractivity contribution in [1.82, 2.24) is 15.3 Å². The molecule has 3 heterocycles. The summed E-state index contributed by atoms with van der Waals surface area (Å²) >= 11 is 0. The average Bonchev–Trinajstić information content (AvgIpc) is 2.86. The maximum Gasteiger partial charge on any atom is 0.132 e. The first-order valence-corrected chi connectivity index (χ1v) is 8.21. The van der Waals surface area contributed by atoms with E-state index in [1.807, 2.05) is 0 Å². The van der Waals surface area contributed by atoms with Crippen molar-refractivity contribution in [1.29, 1.82) is 0 Å². The first-order chi connectivity index (χ1) is 9.92. The van der Waals surface area contributed by atoms with E-state index in [1.54, 1.807) is 6.33 Å². The van der Waals surface area contributed by atoms with E-state index in [-0.39, 0.29) is 0 Å². The summed E-state index contributed by atoms with van der Waals surface area (Å²) in [5, 5.41) is 3.56. The number of rotatable bonds is 4. The van der Waals surface area contributed by atoms with Crippen LogP contribution in [0.25, 0.3) is 0 Å². The lowest BCUT2D eigenvalue weighted by atomic mass is 10.1. The molecule has 2 fully saturated rings. The summed E-state index contributed by atoms with van der Waals surface area (Å²) in [7, 11) is 0. The Balaban J connectivity index is 1.59. The van der Waals surface area contributed by atoms with Gasteiger partial charge in [-0.1, -0.05) is 12.8 Å². The van der Waals surface area contributed by atoms with Crippen LogP contribution in [0.5, 0.6) is 0 Å². The summed E-state index contributed by atoms with van der Waals surface area (Å²) in [6.07, 6.45) is 12.0. The molecule has 110 valence electrons. The fourth-order valence-electron chi connectivity index (χ4n) is 3.32. The van der Waals surface area contributed by atoms with Gasteiger partial charge in [0.15, 0.2) is 0 Å². The van der Waals surface area contributed by atoms with Gasteiger partial charge < -0.3 is 10.2 Å². The molecule has 0 unspecified atom stereocenters. The Labute approximate surface area is 122 Å². The number of anilines is 1. The summed E-state index contributed by atoms with van der Waals surface area (Å²) in [5.74, 6) is 1.14. The molecule has 1 aromatic rings. The van der Waals surface area contributed by atoms with Gasteiger partial charge in [0.05, 0.1) is 0 Å². The van der Waals surface area contributed by atoms with Crippen LogP contribution in [0.15, 0.2) is 12.4 Å². The van der Waals surface area contributed by atoms with Gasteiger partial charge in [0.1, 0.15) is 12.1 Å². The summed E-state index contributed by atoms with van der Waals surface area (Å²) in [4.78, 5) is 11.4. The van der Waals surface area contributed by atoms with Gasteiger partial charge in [-0.05, 0) is 45.1 Å². The zero-order valence-electron chi connectivity index (χ0n) is 12.4. The van der Waals surface area contributed by atoms with E-state index < -0.39 is 0 Å². The molecule has 4 heteroatoms. The Bertz CT molecular complexity index is 407. The maximum atomic E-state index is 4.48. The number of nitrogens with one attached hydrogen (secondary N) is 1. The van der Waals surface area contributed by atoms with E-state index in [0.717, 1.165) is 25.3 Å². The molecule has 0 saturated carbocycles. The van der Waals surface area contributed by atoms with E-state index >= 15 is 0 Å². The second-order valence-corrected chi connectivity index (χ2v) is 6.10. The number of hydrogen-bond acceptors (Lipinski definition) is 4. The normalized spacial score (nSPS) is 23.8. The lowest BCUT2D eigenvalue weighted by Gasteiger charge is -2.21. The van der Waals surface area contributed by atoms with Crippen LogP contribution in [0.2, 0.25) is 0 Å². The van der Waals surface area contributed by atoms with Crippen LogP contribution in [-0.4, -0.2) is 35.6 Å². The topological polar surface area (TPSA) is 41.1 Å². The SMILES string of the molecule is c1nc(CC[C@@H]2CCCN2)cc(N2CCCCCC2)n1. The van der Waals surface area contributed by atoms with Gasteiger partial charge in [-0.2, -0.15) is 0 Å². The van der Waals surface area contributed by atoms with E-state index in [9.17, 15) is 0 Å². The van der Waals surface area contributed by atoms with Crippen molar-refractivity contribution in [3.8, 4) is 0 Å². The third-order valence-electron chi connectivity index (χ3n) is 4.55. The molecule has 20 heavy (non-hydrogen) atoms. The average molecular weight is 274 g/mol. The third-order valence-corrected chi connectivity index (χ3v) is 4.55. The molecule has 0 spiro atoms. The fraction of sp³-hybridized carbons (Fsp3) is 0.750. The highest BCUT2D eigenvalue weighted by molar-refractivity contribution is 5.39. The third kappa shape index (κ3) is 3.69. The Morgan fingerprint density at radius 2 is 1.95 bits per heavy atom. The lowest BCUT2D eigenvalue weighted by Crippen LogP contribution is -2.25. The largest absolute Gasteiger partial charge is 0.357 e. The summed E-state index contributed by atoms with van der Waals surface area (Å²) in [6.45, 7) is 3.49.